The number of carbonyl (C=O) groups is 1. The second-order valence-corrected chi connectivity index (χ2v) is 4.75. The van der Waals surface area contributed by atoms with Crippen molar-refractivity contribution in [3.8, 4) is 0 Å². The van der Waals surface area contributed by atoms with Crippen molar-refractivity contribution < 1.29 is 4.79 Å². The lowest BCUT2D eigenvalue weighted by atomic mass is 10.1. The Kier molecular flexibility index (Phi) is 4.35. The van der Waals surface area contributed by atoms with Gasteiger partial charge in [-0.1, -0.05) is 23.2 Å². The number of pyridine rings is 2. The number of aromatic nitrogens is 2. The molecule has 0 aliphatic carbocycles. The van der Waals surface area contributed by atoms with E-state index in [2.05, 4.69) is 15.3 Å². The number of rotatable bonds is 3. The quantitative estimate of drug-likeness (QED) is 0.884. The molecule has 2 rings (SSSR count). The number of carbonyl (C=O) groups excluding carboxylic acids is 1. The van der Waals surface area contributed by atoms with Crippen LogP contribution < -0.4 is 5.32 Å². The van der Waals surface area contributed by atoms with Crippen LogP contribution in [-0.2, 0) is 0 Å². The lowest BCUT2D eigenvalue weighted by Crippen LogP contribution is -2.26. The number of hydrogen-bond acceptors (Lipinski definition) is 3. The number of nitrogens with zero attached hydrogens (tertiary/aromatic N) is 2. The second-order valence-electron chi connectivity index (χ2n) is 3.98. The van der Waals surface area contributed by atoms with E-state index in [-0.39, 0.29) is 22.3 Å². The average molecular weight is 296 g/mol. The highest BCUT2D eigenvalue weighted by Gasteiger charge is 2.12. The number of hydrogen-bond donors (Lipinski definition) is 1. The highest BCUT2D eigenvalue weighted by Crippen LogP contribution is 2.16. The van der Waals surface area contributed by atoms with Gasteiger partial charge in [0.05, 0.1) is 6.04 Å². The molecule has 1 amide bonds. The molecule has 0 bridgehead atoms. The van der Waals surface area contributed by atoms with Gasteiger partial charge < -0.3 is 5.32 Å². The fourth-order valence-corrected chi connectivity index (χ4v) is 2.07. The molecular weight excluding hydrogens is 285 g/mol. The fourth-order valence-electron chi connectivity index (χ4n) is 1.61. The third-order valence-electron chi connectivity index (χ3n) is 2.58. The maximum Gasteiger partial charge on any atom is 0.251 e. The summed E-state index contributed by atoms with van der Waals surface area (Å²) in [6.07, 6.45) is 3.36. The molecule has 2 aromatic heterocycles. The van der Waals surface area contributed by atoms with Crippen molar-refractivity contribution in [2.24, 2.45) is 0 Å². The number of halogens is 2. The first-order chi connectivity index (χ1) is 9.06. The molecule has 2 aromatic rings. The molecule has 1 N–H and O–H groups in total. The van der Waals surface area contributed by atoms with Gasteiger partial charge in [0, 0.05) is 18.0 Å². The zero-order valence-electron chi connectivity index (χ0n) is 10.1. The van der Waals surface area contributed by atoms with E-state index in [0.29, 0.717) is 5.56 Å². The van der Waals surface area contributed by atoms with Crippen LogP contribution in [0.15, 0.2) is 36.7 Å². The van der Waals surface area contributed by atoms with Gasteiger partial charge in [-0.25, -0.2) is 4.98 Å². The van der Waals surface area contributed by atoms with Crippen LogP contribution in [0.4, 0.5) is 0 Å². The zero-order chi connectivity index (χ0) is 13.8. The molecule has 4 nitrogen and oxygen atoms in total. The van der Waals surface area contributed by atoms with E-state index in [1.165, 1.54) is 12.1 Å². The van der Waals surface area contributed by atoms with E-state index in [1.54, 1.807) is 12.4 Å². The Morgan fingerprint density at radius 2 is 1.79 bits per heavy atom. The molecule has 0 aliphatic heterocycles. The summed E-state index contributed by atoms with van der Waals surface area (Å²) in [5, 5.41) is 3.23. The van der Waals surface area contributed by atoms with Gasteiger partial charge in [0.1, 0.15) is 10.3 Å². The second kappa shape index (κ2) is 5.99. The molecule has 0 saturated heterocycles. The normalized spacial score (nSPS) is 11.9. The first-order valence-electron chi connectivity index (χ1n) is 5.60. The lowest BCUT2D eigenvalue weighted by Gasteiger charge is -2.14. The summed E-state index contributed by atoms with van der Waals surface area (Å²) in [6.45, 7) is 1.89. The van der Waals surface area contributed by atoms with Crippen molar-refractivity contribution in [1.82, 2.24) is 15.3 Å². The van der Waals surface area contributed by atoms with Crippen molar-refractivity contribution in [3.05, 3.63) is 58.1 Å². The molecule has 0 aliphatic rings. The predicted octanol–water partition coefficient (Wildman–Crippen LogP) is 3.27. The van der Waals surface area contributed by atoms with Crippen LogP contribution in [0.5, 0.6) is 0 Å². The van der Waals surface area contributed by atoms with Crippen LogP contribution in [0.1, 0.15) is 28.9 Å². The van der Waals surface area contributed by atoms with Crippen LogP contribution in [0.25, 0.3) is 0 Å². The molecule has 98 valence electrons. The van der Waals surface area contributed by atoms with Gasteiger partial charge in [-0.15, -0.1) is 0 Å². The van der Waals surface area contributed by atoms with E-state index in [9.17, 15) is 4.79 Å². The topological polar surface area (TPSA) is 54.9 Å². The maximum absolute atomic E-state index is 12.1. The number of amides is 1. The maximum atomic E-state index is 12.1. The van der Waals surface area contributed by atoms with Gasteiger partial charge >= 0.3 is 0 Å². The SMILES string of the molecule is CC(NC(=O)c1cc(Cl)nc(Cl)c1)c1ccncc1. The minimum atomic E-state index is -0.254. The first kappa shape index (κ1) is 13.8. The molecule has 0 radical (unpaired) electrons. The molecule has 0 spiro atoms. The summed E-state index contributed by atoms with van der Waals surface area (Å²) in [5.74, 6) is -0.254. The summed E-state index contributed by atoms with van der Waals surface area (Å²) in [7, 11) is 0. The third-order valence-corrected chi connectivity index (χ3v) is 2.97. The molecule has 0 fully saturated rings. The van der Waals surface area contributed by atoms with Gasteiger partial charge in [-0.3, -0.25) is 9.78 Å². The van der Waals surface area contributed by atoms with Crippen LogP contribution in [0.2, 0.25) is 10.3 Å². The summed E-state index contributed by atoms with van der Waals surface area (Å²) in [5.41, 5.74) is 1.35. The average Bonchev–Trinajstić information content (AvgIpc) is 2.38. The van der Waals surface area contributed by atoms with Crippen molar-refractivity contribution in [2.45, 2.75) is 13.0 Å². The van der Waals surface area contributed by atoms with Crippen LogP contribution in [-0.4, -0.2) is 15.9 Å². The Labute approximate surface area is 120 Å². The van der Waals surface area contributed by atoms with Gasteiger partial charge in [0.2, 0.25) is 0 Å². The molecule has 19 heavy (non-hydrogen) atoms. The van der Waals surface area contributed by atoms with Crippen molar-refractivity contribution in [1.29, 1.82) is 0 Å². The van der Waals surface area contributed by atoms with Gasteiger partial charge in [0.25, 0.3) is 5.91 Å². The molecule has 2 heterocycles. The van der Waals surface area contributed by atoms with Crippen LogP contribution in [0, 0.1) is 0 Å². The Morgan fingerprint density at radius 1 is 1.21 bits per heavy atom. The van der Waals surface area contributed by atoms with Crippen LogP contribution in [0.3, 0.4) is 0 Å². The molecule has 1 atom stereocenters. The van der Waals surface area contributed by atoms with Gasteiger partial charge in [0.15, 0.2) is 0 Å². The van der Waals surface area contributed by atoms with Crippen molar-refractivity contribution >= 4 is 29.1 Å². The van der Waals surface area contributed by atoms with Gasteiger partial charge in [-0.2, -0.15) is 0 Å². The first-order valence-corrected chi connectivity index (χ1v) is 6.36. The highest BCUT2D eigenvalue weighted by atomic mass is 35.5. The molecule has 0 saturated carbocycles. The van der Waals surface area contributed by atoms with E-state index in [0.717, 1.165) is 5.56 Å². The molecular formula is C13H11Cl2N3O. The number of nitrogens with one attached hydrogen (secondary N) is 1. The predicted molar refractivity (Wildman–Crippen MR) is 74.4 cm³/mol. The highest BCUT2D eigenvalue weighted by molar-refractivity contribution is 6.33. The Morgan fingerprint density at radius 3 is 2.37 bits per heavy atom. The summed E-state index contributed by atoms with van der Waals surface area (Å²) in [4.78, 5) is 19.8. The van der Waals surface area contributed by atoms with Crippen molar-refractivity contribution in [2.75, 3.05) is 0 Å². The summed E-state index contributed by atoms with van der Waals surface area (Å²) >= 11 is 11.5. The standard InChI is InChI=1S/C13H11Cl2N3O/c1-8(9-2-4-16-5-3-9)17-13(19)10-6-11(14)18-12(15)7-10/h2-8H,1H3,(H,17,19). The molecule has 1 unspecified atom stereocenters. The minimum absolute atomic E-state index is 0.138. The van der Waals surface area contributed by atoms with E-state index in [1.807, 2.05) is 19.1 Å². The smallest absolute Gasteiger partial charge is 0.251 e. The molecule has 0 aromatic carbocycles. The summed E-state index contributed by atoms with van der Waals surface area (Å²) in [6, 6.07) is 6.50. The Balaban J connectivity index is 2.13. The van der Waals surface area contributed by atoms with E-state index < -0.39 is 0 Å². The minimum Gasteiger partial charge on any atom is -0.346 e. The Bertz CT molecular complexity index is 569. The van der Waals surface area contributed by atoms with Crippen LogP contribution >= 0.6 is 23.2 Å². The zero-order valence-corrected chi connectivity index (χ0v) is 11.6. The third kappa shape index (κ3) is 3.66. The largest absolute Gasteiger partial charge is 0.346 e. The summed E-state index contributed by atoms with van der Waals surface area (Å²) < 4.78 is 0. The lowest BCUT2D eigenvalue weighted by molar-refractivity contribution is 0.0939. The Hall–Kier alpha value is -1.65. The van der Waals surface area contributed by atoms with Gasteiger partial charge in [-0.05, 0) is 36.8 Å². The fraction of sp³-hybridized carbons (Fsp3) is 0.154. The molecule has 6 heteroatoms. The van der Waals surface area contributed by atoms with E-state index >= 15 is 0 Å². The van der Waals surface area contributed by atoms with E-state index in [4.69, 9.17) is 23.2 Å². The monoisotopic (exact) mass is 295 g/mol. The van der Waals surface area contributed by atoms with Crippen molar-refractivity contribution in [3.63, 3.8) is 0 Å².